The van der Waals surface area contributed by atoms with Crippen LogP contribution in [0.3, 0.4) is 0 Å². The highest BCUT2D eigenvalue weighted by molar-refractivity contribution is 7.89. The summed E-state index contributed by atoms with van der Waals surface area (Å²) in [5, 5.41) is 12.3. The van der Waals surface area contributed by atoms with E-state index in [0.29, 0.717) is 19.3 Å². The van der Waals surface area contributed by atoms with Gasteiger partial charge in [0.2, 0.25) is 10.0 Å². The molecule has 162 valence electrons. The van der Waals surface area contributed by atoms with Crippen molar-refractivity contribution < 1.29 is 27.1 Å². The zero-order valence-electron chi connectivity index (χ0n) is 16.1. The topological polar surface area (TPSA) is 86.7 Å². The highest BCUT2D eigenvalue weighted by Crippen LogP contribution is 2.27. The highest BCUT2D eigenvalue weighted by Gasteiger charge is 2.35. The van der Waals surface area contributed by atoms with Gasteiger partial charge in [0, 0.05) is 23.8 Å². The van der Waals surface area contributed by atoms with Crippen LogP contribution in [-0.2, 0) is 10.0 Å². The third kappa shape index (κ3) is 4.80. The fraction of sp³-hybridized carbons (Fsp3) is 0.350. The Morgan fingerprint density at radius 3 is 2.57 bits per heavy atom. The van der Waals surface area contributed by atoms with E-state index >= 15 is 0 Å². The van der Waals surface area contributed by atoms with Crippen molar-refractivity contribution in [3.63, 3.8) is 0 Å². The zero-order valence-corrected chi connectivity index (χ0v) is 17.7. The number of amides is 1. The van der Waals surface area contributed by atoms with Gasteiger partial charge in [0.05, 0.1) is 11.1 Å². The summed E-state index contributed by atoms with van der Waals surface area (Å²) >= 11 is 5.69. The molecule has 2 atom stereocenters. The summed E-state index contributed by atoms with van der Waals surface area (Å²) in [6.07, 6.45) is 0.798. The number of benzene rings is 2. The summed E-state index contributed by atoms with van der Waals surface area (Å²) in [7, 11) is -4.29. The summed E-state index contributed by atoms with van der Waals surface area (Å²) in [6.45, 7) is 1.55. The summed E-state index contributed by atoms with van der Waals surface area (Å²) in [4.78, 5) is 11.9. The fourth-order valence-corrected chi connectivity index (χ4v) is 5.32. The number of nitrogens with one attached hydrogen (secondary N) is 1. The van der Waals surface area contributed by atoms with Crippen LogP contribution >= 0.6 is 11.6 Å². The third-order valence-corrected chi connectivity index (χ3v) is 7.28. The lowest BCUT2D eigenvalue weighted by Crippen LogP contribution is -2.41. The molecule has 1 saturated heterocycles. The van der Waals surface area contributed by atoms with E-state index in [4.69, 9.17) is 11.6 Å². The molecule has 0 saturated carbocycles. The van der Waals surface area contributed by atoms with Crippen molar-refractivity contribution in [1.82, 2.24) is 4.31 Å². The average Bonchev–Trinajstić information content (AvgIpc) is 2.86. The minimum Gasteiger partial charge on any atom is -0.392 e. The van der Waals surface area contributed by atoms with E-state index in [1.807, 2.05) is 0 Å². The third-order valence-electron chi connectivity index (χ3n) is 5.00. The molecule has 2 N–H and O–H groups in total. The molecule has 1 fully saturated rings. The molecule has 2 unspecified atom stereocenters. The van der Waals surface area contributed by atoms with Gasteiger partial charge in [0.1, 0.15) is 16.5 Å². The normalized spacial score (nSPS) is 20.6. The number of hydrogen-bond acceptors (Lipinski definition) is 4. The summed E-state index contributed by atoms with van der Waals surface area (Å²) in [5.74, 6) is -2.36. The number of halogens is 3. The number of carbonyl (C=O) groups is 1. The van der Waals surface area contributed by atoms with Gasteiger partial charge in [0.15, 0.2) is 0 Å². The Morgan fingerprint density at radius 2 is 1.87 bits per heavy atom. The maximum absolute atomic E-state index is 14.5. The first-order chi connectivity index (χ1) is 14.1. The first-order valence-electron chi connectivity index (χ1n) is 9.35. The fourth-order valence-electron chi connectivity index (χ4n) is 3.35. The minimum absolute atomic E-state index is 0.0987. The van der Waals surface area contributed by atoms with Gasteiger partial charge in [-0.25, -0.2) is 17.2 Å². The second-order valence-electron chi connectivity index (χ2n) is 7.24. The van der Waals surface area contributed by atoms with Crippen molar-refractivity contribution in [3.8, 4) is 0 Å². The molecule has 2 aromatic rings. The smallest absolute Gasteiger partial charge is 0.255 e. The number of β-amino-alcohol motifs (C(OH)–C–C–N with tert-alkyl or cyclic N) is 1. The Balaban J connectivity index is 1.92. The Hall–Kier alpha value is -2.07. The van der Waals surface area contributed by atoms with Crippen molar-refractivity contribution >= 4 is 33.2 Å². The molecule has 0 spiro atoms. The molecule has 10 heteroatoms. The molecule has 3 rings (SSSR count). The van der Waals surface area contributed by atoms with Gasteiger partial charge in [0.25, 0.3) is 5.91 Å². The molecular weight excluding hydrogens is 438 g/mol. The summed E-state index contributed by atoms with van der Waals surface area (Å²) in [6, 6.07) is 6.15. The van der Waals surface area contributed by atoms with Crippen molar-refractivity contribution in [3.05, 3.63) is 58.6 Å². The number of aliphatic hydroxyl groups excluding tert-OH is 1. The molecule has 0 bridgehead atoms. The van der Waals surface area contributed by atoms with Crippen LogP contribution in [0.2, 0.25) is 5.02 Å². The first-order valence-corrected chi connectivity index (χ1v) is 11.2. The molecule has 0 aromatic heterocycles. The minimum atomic E-state index is -4.29. The standard InChI is InChI=1S/C20H21ClF2N2O4S/c1-12-3-2-4-15(26)11-25(12)30(28,29)19-9-13(5-7-18(19)23)20(27)24-14-6-8-17(22)16(21)10-14/h5-10,12,15,26H,2-4,11H2,1H3,(H,24,27). The SMILES string of the molecule is CC1CCCC(O)CN1S(=O)(=O)c1cc(C(=O)Nc2ccc(F)c(Cl)c2)ccc1F. The second-order valence-corrected chi connectivity index (χ2v) is 9.50. The number of rotatable bonds is 4. The molecule has 0 aliphatic carbocycles. The lowest BCUT2D eigenvalue weighted by molar-refractivity contribution is 0.102. The van der Waals surface area contributed by atoms with Gasteiger partial charge in [-0.05, 0) is 62.6 Å². The monoisotopic (exact) mass is 458 g/mol. The predicted molar refractivity (Wildman–Crippen MR) is 109 cm³/mol. The van der Waals surface area contributed by atoms with Crippen LogP contribution in [0.15, 0.2) is 41.3 Å². The summed E-state index contributed by atoms with van der Waals surface area (Å²) < 4.78 is 55.1. The quantitative estimate of drug-likeness (QED) is 0.729. The number of hydrogen-bond donors (Lipinski definition) is 2. The van der Waals surface area contributed by atoms with E-state index in [0.717, 1.165) is 28.6 Å². The van der Waals surface area contributed by atoms with Crippen LogP contribution in [0.25, 0.3) is 0 Å². The lowest BCUT2D eigenvalue weighted by Gasteiger charge is -2.27. The van der Waals surface area contributed by atoms with Crippen LogP contribution in [0.5, 0.6) is 0 Å². The molecule has 1 amide bonds. The summed E-state index contributed by atoms with van der Waals surface area (Å²) in [5.41, 5.74) is 0.0999. The van der Waals surface area contributed by atoms with E-state index in [-0.39, 0.29) is 22.8 Å². The van der Waals surface area contributed by atoms with Gasteiger partial charge >= 0.3 is 0 Å². The van der Waals surface area contributed by atoms with Crippen LogP contribution in [0.1, 0.15) is 36.5 Å². The maximum atomic E-state index is 14.5. The van der Waals surface area contributed by atoms with Gasteiger partial charge in [-0.1, -0.05) is 11.6 Å². The second kappa shape index (κ2) is 8.97. The molecule has 1 aliphatic heterocycles. The van der Waals surface area contributed by atoms with Crippen molar-refractivity contribution in [1.29, 1.82) is 0 Å². The van der Waals surface area contributed by atoms with Gasteiger partial charge in [-0.3, -0.25) is 4.79 Å². The number of carbonyl (C=O) groups excluding carboxylic acids is 1. The maximum Gasteiger partial charge on any atom is 0.255 e. The largest absolute Gasteiger partial charge is 0.392 e. The molecule has 0 radical (unpaired) electrons. The van der Waals surface area contributed by atoms with E-state index < -0.39 is 44.6 Å². The van der Waals surface area contributed by atoms with Gasteiger partial charge in [-0.2, -0.15) is 4.31 Å². The van der Waals surface area contributed by atoms with E-state index in [1.54, 1.807) is 6.92 Å². The molecule has 30 heavy (non-hydrogen) atoms. The lowest BCUT2D eigenvalue weighted by atomic mass is 10.1. The number of anilines is 1. The molecule has 1 aliphatic rings. The first kappa shape index (κ1) is 22.6. The van der Waals surface area contributed by atoms with Crippen LogP contribution in [0, 0.1) is 11.6 Å². The van der Waals surface area contributed by atoms with E-state index in [1.165, 1.54) is 12.1 Å². The van der Waals surface area contributed by atoms with E-state index in [9.17, 15) is 27.1 Å². The number of sulfonamides is 1. The van der Waals surface area contributed by atoms with Gasteiger partial charge in [-0.15, -0.1) is 0 Å². The van der Waals surface area contributed by atoms with Crippen molar-refractivity contribution in [2.45, 2.75) is 43.2 Å². The Labute approximate surface area is 178 Å². The molecular formula is C20H21ClF2N2O4S. The Morgan fingerprint density at radius 1 is 1.17 bits per heavy atom. The van der Waals surface area contributed by atoms with Crippen LogP contribution < -0.4 is 5.32 Å². The zero-order chi connectivity index (χ0) is 22.1. The van der Waals surface area contributed by atoms with E-state index in [2.05, 4.69) is 5.32 Å². The predicted octanol–water partition coefficient (Wildman–Crippen LogP) is 3.79. The molecule has 1 heterocycles. The number of nitrogens with zero attached hydrogens (tertiary/aromatic N) is 1. The number of aliphatic hydroxyl groups is 1. The highest BCUT2D eigenvalue weighted by atomic mass is 35.5. The van der Waals surface area contributed by atoms with Crippen LogP contribution in [0.4, 0.5) is 14.5 Å². The van der Waals surface area contributed by atoms with Crippen LogP contribution in [-0.4, -0.2) is 42.4 Å². The molecule has 2 aromatic carbocycles. The van der Waals surface area contributed by atoms with Gasteiger partial charge < -0.3 is 10.4 Å². The Bertz CT molecular complexity index is 1060. The van der Waals surface area contributed by atoms with Crippen molar-refractivity contribution in [2.24, 2.45) is 0 Å². The average molecular weight is 459 g/mol. The van der Waals surface area contributed by atoms with Crippen molar-refractivity contribution in [2.75, 3.05) is 11.9 Å². The molecule has 6 nitrogen and oxygen atoms in total. The Kier molecular flexibility index (Phi) is 6.76.